The van der Waals surface area contributed by atoms with Gasteiger partial charge in [0, 0.05) is 6.08 Å². The molecular formula is C11H12O8S. The first kappa shape index (κ1) is 13.5. The van der Waals surface area contributed by atoms with E-state index in [1.165, 1.54) is 7.11 Å². The highest BCUT2D eigenvalue weighted by Crippen LogP contribution is 2.51. The standard InChI is InChI=1S/C11H12O8S/c1-3-4(12)17-8-6-5(11(13)16-2)7-9(18-6)10(8)20(14,15)19-7/h3,5-10H,1H2,2H3. The molecule has 0 aliphatic carbocycles. The largest absolute Gasteiger partial charge is 0.469 e. The summed E-state index contributed by atoms with van der Waals surface area (Å²) in [5.41, 5.74) is 0. The van der Waals surface area contributed by atoms with Crippen molar-refractivity contribution in [3.63, 3.8) is 0 Å². The summed E-state index contributed by atoms with van der Waals surface area (Å²) in [7, 11) is -2.77. The maximum atomic E-state index is 11.9. The molecule has 0 aromatic carbocycles. The summed E-state index contributed by atoms with van der Waals surface area (Å²) in [4.78, 5) is 23.1. The molecule has 2 bridgehead atoms. The molecule has 0 saturated carbocycles. The average Bonchev–Trinajstić information content (AvgIpc) is 2.98. The topological polar surface area (TPSA) is 105 Å². The Labute approximate surface area is 114 Å². The molecular weight excluding hydrogens is 292 g/mol. The van der Waals surface area contributed by atoms with Crippen LogP contribution in [0.2, 0.25) is 0 Å². The molecule has 0 aromatic heterocycles. The van der Waals surface area contributed by atoms with E-state index in [9.17, 15) is 18.0 Å². The highest BCUT2D eigenvalue weighted by Gasteiger charge is 2.73. The van der Waals surface area contributed by atoms with E-state index in [1.807, 2.05) is 0 Å². The summed E-state index contributed by atoms with van der Waals surface area (Å²) >= 11 is 0. The van der Waals surface area contributed by atoms with Crippen LogP contribution in [0.3, 0.4) is 0 Å². The predicted octanol–water partition coefficient (Wildman–Crippen LogP) is -1.25. The molecule has 3 rings (SSSR count). The molecule has 3 aliphatic rings. The molecule has 9 heteroatoms. The lowest BCUT2D eigenvalue weighted by Crippen LogP contribution is -2.50. The molecule has 0 amide bonds. The van der Waals surface area contributed by atoms with Crippen LogP contribution in [-0.4, -0.2) is 57.1 Å². The SMILES string of the molecule is C=CC(=O)OC1C2OC3C(OS(=O)(=O)C13)C2C(=O)OC. The summed E-state index contributed by atoms with van der Waals surface area (Å²) < 4.78 is 44.0. The van der Waals surface area contributed by atoms with E-state index in [-0.39, 0.29) is 0 Å². The Hall–Kier alpha value is -1.45. The predicted molar refractivity (Wildman–Crippen MR) is 61.8 cm³/mol. The van der Waals surface area contributed by atoms with Crippen LogP contribution in [0.1, 0.15) is 0 Å². The fourth-order valence-electron chi connectivity index (χ4n) is 3.04. The number of carbonyl (C=O) groups is 2. The third kappa shape index (κ3) is 1.63. The van der Waals surface area contributed by atoms with Crippen molar-refractivity contribution >= 4 is 22.1 Å². The van der Waals surface area contributed by atoms with Crippen molar-refractivity contribution in [2.45, 2.75) is 29.7 Å². The number of hydrogen-bond acceptors (Lipinski definition) is 8. The first-order chi connectivity index (χ1) is 9.40. The van der Waals surface area contributed by atoms with Crippen molar-refractivity contribution in [1.82, 2.24) is 0 Å². The minimum atomic E-state index is -3.95. The van der Waals surface area contributed by atoms with Crippen molar-refractivity contribution in [2.24, 2.45) is 5.92 Å². The summed E-state index contributed by atoms with van der Waals surface area (Å²) in [5, 5.41) is -1.11. The minimum absolute atomic E-state index is 0.655. The Bertz CT molecular complexity index is 581. The smallest absolute Gasteiger partial charge is 0.330 e. The molecule has 0 aromatic rings. The van der Waals surface area contributed by atoms with Crippen LogP contribution in [0.15, 0.2) is 12.7 Å². The van der Waals surface area contributed by atoms with E-state index < -0.39 is 57.6 Å². The number of rotatable bonds is 3. The Kier molecular flexibility index (Phi) is 2.89. The maximum absolute atomic E-state index is 11.9. The molecule has 3 aliphatic heterocycles. The molecule has 3 fully saturated rings. The maximum Gasteiger partial charge on any atom is 0.330 e. The summed E-state index contributed by atoms with van der Waals surface area (Å²) in [6, 6.07) is 0. The van der Waals surface area contributed by atoms with Gasteiger partial charge >= 0.3 is 11.9 Å². The molecule has 0 radical (unpaired) electrons. The van der Waals surface area contributed by atoms with Crippen LogP contribution in [-0.2, 0) is 38.1 Å². The van der Waals surface area contributed by atoms with Crippen molar-refractivity contribution < 1.29 is 36.4 Å². The van der Waals surface area contributed by atoms with Gasteiger partial charge in [-0.1, -0.05) is 6.58 Å². The van der Waals surface area contributed by atoms with Gasteiger partial charge in [0.05, 0.1) is 7.11 Å². The zero-order valence-corrected chi connectivity index (χ0v) is 11.2. The molecule has 6 unspecified atom stereocenters. The van der Waals surface area contributed by atoms with Gasteiger partial charge in [0.1, 0.15) is 24.2 Å². The van der Waals surface area contributed by atoms with E-state index in [4.69, 9.17) is 13.7 Å². The van der Waals surface area contributed by atoms with E-state index in [1.54, 1.807) is 0 Å². The zero-order chi connectivity index (χ0) is 14.7. The van der Waals surface area contributed by atoms with Crippen LogP contribution in [0.25, 0.3) is 0 Å². The van der Waals surface area contributed by atoms with Gasteiger partial charge in [-0.25, -0.2) is 4.79 Å². The second-order valence-electron chi connectivity index (χ2n) is 4.74. The highest BCUT2D eigenvalue weighted by molar-refractivity contribution is 7.87. The zero-order valence-electron chi connectivity index (χ0n) is 10.4. The van der Waals surface area contributed by atoms with Crippen molar-refractivity contribution in [2.75, 3.05) is 7.11 Å². The quantitative estimate of drug-likeness (QED) is 0.362. The van der Waals surface area contributed by atoms with E-state index in [0.29, 0.717) is 0 Å². The molecule has 0 N–H and O–H groups in total. The first-order valence-electron chi connectivity index (χ1n) is 5.89. The second-order valence-corrected chi connectivity index (χ2v) is 6.46. The van der Waals surface area contributed by atoms with Crippen molar-refractivity contribution in [3.05, 3.63) is 12.7 Å². The van der Waals surface area contributed by atoms with Crippen molar-refractivity contribution in [1.29, 1.82) is 0 Å². The number of ether oxygens (including phenoxy) is 3. The van der Waals surface area contributed by atoms with Gasteiger partial charge in [0.25, 0.3) is 10.1 Å². The van der Waals surface area contributed by atoms with Crippen molar-refractivity contribution in [3.8, 4) is 0 Å². The normalized spacial score (nSPS) is 43.2. The Morgan fingerprint density at radius 2 is 1.95 bits per heavy atom. The fraction of sp³-hybridized carbons (Fsp3) is 0.636. The molecule has 8 nitrogen and oxygen atoms in total. The third-order valence-electron chi connectivity index (χ3n) is 3.79. The Morgan fingerprint density at radius 3 is 2.55 bits per heavy atom. The first-order valence-corrected chi connectivity index (χ1v) is 7.36. The molecule has 110 valence electrons. The minimum Gasteiger partial charge on any atom is -0.469 e. The monoisotopic (exact) mass is 304 g/mol. The summed E-state index contributed by atoms with van der Waals surface area (Å²) in [5.74, 6) is -2.37. The molecule has 0 spiro atoms. The number of esters is 2. The Morgan fingerprint density at radius 1 is 1.25 bits per heavy atom. The van der Waals surface area contributed by atoms with Gasteiger partial charge in [-0.15, -0.1) is 0 Å². The van der Waals surface area contributed by atoms with E-state index in [0.717, 1.165) is 6.08 Å². The van der Waals surface area contributed by atoms with Crippen LogP contribution >= 0.6 is 0 Å². The lowest BCUT2D eigenvalue weighted by atomic mass is 9.84. The summed E-state index contributed by atoms with van der Waals surface area (Å²) in [6.07, 6.45) is -2.81. The van der Waals surface area contributed by atoms with Gasteiger partial charge in [-0.2, -0.15) is 8.42 Å². The van der Waals surface area contributed by atoms with E-state index in [2.05, 4.69) is 11.3 Å². The molecule has 3 heterocycles. The third-order valence-corrected chi connectivity index (χ3v) is 5.48. The van der Waals surface area contributed by atoms with Gasteiger partial charge in [0.15, 0.2) is 11.4 Å². The van der Waals surface area contributed by atoms with Gasteiger partial charge in [0.2, 0.25) is 0 Å². The fourth-order valence-corrected chi connectivity index (χ4v) is 4.79. The van der Waals surface area contributed by atoms with Gasteiger partial charge < -0.3 is 14.2 Å². The number of hydrogen-bond donors (Lipinski definition) is 0. The van der Waals surface area contributed by atoms with Crippen LogP contribution in [0.4, 0.5) is 0 Å². The number of methoxy groups -OCH3 is 1. The lowest BCUT2D eigenvalue weighted by Gasteiger charge is -2.26. The van der Waals surface area contributed by atoms with Gasteiger partial charge in [-0.3, -0.25) is 8.98 Å². The number of fused-ring (bicyclic) bond motifs is 1. The molecule has 3 saturated heterocycles. The number of carbonyl (C=O) groups excluding carboxylic acids is 2. The second kappa shape index (κ2) is 4.27. The van der Waals surface area contributed by atoms with Crippen LogP contribution in [0, 0.1) is 5.92 Å². The molecule has 20 heavy (non-hydrogen) atoms. The Balaban J connectivity index is 1.98. The molecule has 6 atom stereocenters. The van der Waals surface area contributed by atoms with E-state index >= 15 is 0 Å². The van der Waals surface area contributed by atoms with Gasteiger partial charge in [-0.05, 0) is 0 Å². The highest BCUT2D eigenvalue weighted by atomic mass is 32.2. The summed E-state index contributed by atoms with van der Waals surface area (Å²) in [6.45, 7) is 3.25. The lowest BCUT2D eigenvalue weighted by molar-refractivity contribution is -0.157. The van der Waals surface area contributed by atoms with Crippen LogP contribution in [0.5, 0.6) is 0 Å². The van der Waals surface area contributed by atoms with Crippen LogP contribution < -0.4 is 0 Å². The average molecular weight is 304 g/mol.